The summed E-state index contributed by atoms with van der Waals surface area (Å²) in [4.78, 5) is 0. The second-order valence-corrected chi connectivity index (χ2v) is 18.4. The fraction of sp³-hybridized carbons (Fsp3) is 0.684. The van der Waals surface area contributed by atoms with E-state index < -0.39 is 0 Å². The standard InChI is InChI=1S/C38H62O2/c1-23-25(35(9,10)11)19-27(37(15,16)21-33(3,4)5)31(39)29(23)30-24(2)26(36(12,13)14)20-28(32(30)40)38(17,18)22-34(6,7)8/h19-20,39-40H,21-22H2,1-18H3. The van der Waals surface area contributed by atoms with E-state index in [0.717, 1.165) is 46.2 Å². The smallest absolute Gasteiger partial charge is 0.127 e. The van der Waals surface area contributed by atoms with Crippen LogP contribution in [0.15, 0.2) is 12.1 Å². The van der Waals surface area contributed by atoms with Crippen molar-refractivity contribution < 1.29 is 10.2 Å². The molecule has 0 fully saturated rings. The Kier molecular flexibility index (Phi) is 8.90. The summed E-state index contributed by atoms with van der Waals surface area (Å²) in [5, 5.41) is 24.5. The van der Waals surface area contributed by atoms with E-state index in [9.17, 15) is 10.2 Å². The lowest BCUT2D eigenvalue weighted by atomic mass is 9.67. The van der Waals surface area contributed by atoms with Gasteiger partial charge in [-0.1, -0.05) is 123 Å². The lowest BCUT2D eigenvalue weighted by Gasteiger charge is -2.38. The fourth-order valence-electron chi connectivity index (χ4n) is 7.58. The van der Waals surface area contributed by atoms with Crippen molar-refractivity contribution in [2.24, 2.45) is 10.8 Å². The van der Waals surface area contributed by atoms with Crippen molar-refractivity contribution in [2.45, 2.75) is 159 Å². The minimum Gasteiger partial charge on any atom is -0.507 e. The van der Waals surface area contributed by atoms with Crippen molar-refractivity contribution in [2.75, 3.05) is 0 Å². The average Bonchev–Trinajstić information content (AvgIpc) is 2.63. The summed E-state index contributed by atoms with van der Waals surface area (Å²) in [5.41, 5.74) is 7.44. The quantitative estimate of drug-likeness (QED) is 0.388. The summed E-state index contributed by atoms with van der Waals surface area (Å²) >= 11 is 0. The van der Waals surface area contributed by atoms with Gasteiger partial charge >= 0.3 is 0 Å². The van der Waals surface area contributed by atoms with E-state index in [1.807, 2.05) is 0 Å². The van der Waals surface area contributed by atoms with Gasteiger partial charge in [0.15, 0.2) is 0 Å². The SMILES string of the molecule is Cc1c(C(C)(C)C)cc(C(C)(C)CC(C)(C)C)c(O)c1-c1c(C)c(C(C)(C)C)cc(C(C)(C)CC(C)(C)C)c1O. The molecule has 0 unspecified atom stereocenters. The van der Waals surface area contributed by atoms with Crippen molar-refractivity contribution in [1.82, 2.24) is 0 Å². The highest BCUT2D eigenvalue weighted by Crippen LogP contribution is 2.54. The molecule has 0 radical (unpaired) electrons. The molecular formula is C38H62O2. The third kappa shape index (κ3) is 7.27. The maximum absolute atomic E-state index is 12.3. The Bertz CT molecular complexity index is 1140. The first-order valence-corrected chi connectivity index (χ1v) is 15.3. The van der Waals surface area contributed by atoms with E-state index in [1.54, 1.807) is 0 Å². The summed E-state index contributed by atoms with van der Waals surface area (Å²) in [6.45, 7) is 40.3. The van der Waals surface area contributed by atoms with Crippen molar-refractivity contribution in [3.05, 3.63) is 45.5 Å². The van der Waals surface area contributed by atoms with E-state index in [2.05, 4.69) is 137 Å². The van der Waals surface area contributed by atoms with Gasteiger partial charge in [0.1, 0.15) is 11.5 Å². The molecule has 2 aromatic rings. The van der Waals surface area contributed by atoms with Crippen molar-refractivity contribution in [1.29, 1.82) is 0 Å². The molecular weight excluding hydrogens is 488 g/mol. The second-order valence-electron chi connectivity index (χ2n) is 18.4. The normalized spacial score (nSPS) is 14.2. The van der Waals surface area contributed by atoms with E-state index in [1.165, 1.54) is 11.1 Å². The number of phenols is 2. The molecule has 40 heavy (non-hydrogen) atoms. The number of phenolic OH excluding ortho intramolecular Hbond substituents is 2. The van der Waals surface area contributed by atoms with E-state index in [-0.39, 0.29) is 32.5 Å². The molecule has 2 nitrogen and oxygen atoms in total. The van der Waals surface area contributed by atoms with Gasteiger partial charge in [0, 0.05) is 22.3 Å². The zero-order chi connectivity index (χ0) is 31.6. The minimum absolute atomic E-state index is 0.0945. The minimum atomic E-state index is -0.260. The molecule has 2 rings (SSSR count). The summed E-state index contributed by atoms with van der Waals surface area (Å²) in [6.07, 6.45) is 1.85. The van der Waals surface area contributed by atoms with Crippen LogP contribution in [0.5, 0.6) is 11.5 Å². The molecule has 0 amide bonds. The molecule has 0 atom stereocenters. The average molecular weight is 551 g/mol. The van der Waals surface area contributed by atoms with Gasteiger partial charge in [0.25, 0.3) is 0 Å². The number of hydrogen-bond acceptors (Lipinski definition) is 2. The van der Waals surface area contributed by atoms with Crippen LogP contribution >= 0.6 is 0 Å². The zero-order valence-corrected chi connectivity index (χ0v) is 29.5. The van der Waals surface area contributed by atoms with Gasteiger partial charge in [-0.15, -0.1) is 0 Å². The molecule has 0 saturated heterocycles. The first-order chi connectivity index (χ1) is 17.5. The van der Waals surface area contributed by atoms with E-state index >= 15 is 0 Å². The van der Waals surface area contributed by atoms with Crippen molar-refractivity contribution >= 4 is 0 Å². The molecule has 2 heteroatoms. The van der Waals surface area contributed by atoms with E-state index in [0.29, 0.717) is 11.5 Å². The van der Waals surface area contributed by atoms with Crippen molar-refractivity contribution in [3.63, 3.8) is 0 Å². The van der Waals surface area contributed by atoms with Crippen LogP contribution in [0.3, 0.4) is 0 Å². The van der Waals surface area contributed by atoms with Gasteiger partial charge in [-0.05, 0) is 81.4 Å². The predicted octanol–water partition coefficient (Wildman–Crippen LogP) is 11.4. The van der Waals surface area contributed by atoms with Gasteiger partial charge in [-0.25, -0.2) is 0 Å². The summed E-state index contributed by atoms with van der Waals surface area (Å²) in [5.74, 6) is 0.618. The second kappa shape index (κ2) is 10.4. The Labute approximate surface area is 248 Å². The monoisotopic (exact) mass is 550 g/mol. The molecule has 0 bridgehead atoms. The molecule has 2 N–H and O–H groups in total. The van der Waals surface area contributed by atoms with Gasteiger partial charge < -0.3 is 10.2 Å². The topological polar surface area (TPSA) is 40.5 Å². The Balaban J connectivity index is 3.22. The highest BCUT2D eigenvalue weighted by atomic mass is 16.3. The lowest BCUT2D eigenvalue weighted by Crippen LogP contribution is -2.27. The Morgan fingerprint density at radius 2 is 0.700 bits per heavy atom. The van der Waals surface area contributed by atoms with Gasteiger partial charge in [0.05, 0.1) is 0 Å². The maximum atomic E-state index is 12.3. The maximum Gasteiger partial charge on any atom is 0.127 e. The summed E-state index contributed by atoms with van der Waals surface area (Å²) in [7, 11) is 0. The molecule has 0 aromatic heterocycles. The Morgan fingerprint density at radius 3 is 0.900 bits per heavy atom. The molecule has 0 heterocycles. The molecule has 0 saturated carbocycles. The van der Waals surface area contributed by atoms with Crippen LogP contribution in [0.4, 0.5) is 0 Å². The van der Waals surface area contributed by atoms with Crippen LogP contribution in [0.1, 0.15) is 157 Å². The van der Waals surface area contributed by atoms with Crippen molar-refractivity contribution in [3.8, 4) is 22.6 Å². The van der Waals surface area contributed by atoms with Crippen LogP contribution in [-0.4, -0.2) is 10.2 Å². The third-order valence-electron chi connectivity index (χ3n) is 8.39. The summed E-state index contributed by atoms with van der Waals surface area (Å²) in [6, 6.07) is 4.48. The van der Waals surface area contributed by atoms with E-state index in [4.69, 9.17) is 0 Å². The highest BCUT2D eigenvalue weighted by molar-refractivity contribution is 5.86. The predicted molar refractivity (Wildman–Crippen MR) is 176 cm³/mol. The van der Waals surface area contributed by atoms with Crippen LogP contribution in [0.2, 0.25) is 0 Å². The molecule has 0 spiro atoms. The zero-order valence-electron chi connectivity index (χ0n) is 29.5. The molecule has 0 aliphatic rings. The van der Waals surface area contributed by atoms with Crippen LogP contribution in [0, 0.1) is 24.7 Å². The van der Waals surface area contributed by atoms with Crippen LogP contribution < -0.4 is 0 Å². The third-order valence-corrected chi connectivity index (χ3v) is 8.39. The Morgan fingerprint density at radius 1 is 0.450 bits per heavy atom. The first kappa shape index (κ1) is 34.2. The largest absolute Gasteiger partial charge is 0.507 e. The van der Waals surface area contributed by atoms with Crippen LogP contribution in [0.25, 0.3) is 11.1 Å². The van der Waals surface area contributed by atoms with Gasteiger partial charge in [-0.2, -0.15) is 0 Å². The number of aromatic hydroxyl groups is 2. The summed E-state index contributed by atoms with van der Waals surface area (Å²) < 4.78 is 0. The Hall–Kier alpha value is -1.96. The van der Waals surface area contributed by atoms with Gasteiger partial charge in [0.2, 0.25) is 0 Å². The lowest BCUT2D eigenvalue weighted by molar-refractivity contribution is 0.277. The first-order valence-electron chi connectivity index (χ1n) is 15.3. The number of rotatable bonds is 5. The van der Waals surface area contributed by atoms with Crippen LogP contribution in [-0.2, 0) is 21.7 Å². The molecule has 2 aromatic carbocycles. The highest BCUT2D eigenvalue weighted by Gasteiger charge is 2.37. The molecule has 0 aliphatic carbocycles. The number of hydrogen-bond donors (Lipinski definition) is 2. The van der Waals surface area contributed by atoms with Gasteiger partial charge in [-0.3, -0.25) is 0 Å². The number of benzene rings is 2. The molecule has 0 aliphatic heterocycles. The molecule has 226 valence electrons. The fourth-order valence-corrected chi connectivity index (χ4v) is 7.58.